The second-order valence-corrected chi connectivity index (χ2v) is 5.45. The Balaban J connectivity index is 1.57. The van der Waals surface area contributed by atoms with E-state index in [9.17, 15) is 0 Å². The molecule has 0 radical (unpaired) electrons. The van der Waals surface area contributed by atoms with Crippen LogP contribution in [0, 0.1) is 0 Å². The average molecular weight is 270 g/mol. The second kappa shape index (κ2) is 6.20. The number of nitrogens with one attached hydrogen (secondary N) is 1. The lowest BCUT2D eigenvalue weighted by Crippen LogP contribution is -2.45. The van der Waals surface area contributed by atoms with E-state index < -0.39 is 0 Å². The van der Waals surface area contributed by atoms with Gasteiger partial charge in [0.25, 0.3) is 0 Å². The van der Waals surface area contributed by atoms with Crippen molar-refractivity contribution in [1.29, 1.82) is 0 Å². The molecule has 3 rings (SSSR count). The Morgan fingerprint density at radius 1 is 1.10 bits per heavy atom. The van der Waals surface area contributed by atoms with Crippen molar-refractivity contribution in [2.45, 2.75) is 0 Å². The highest BCUT2D eigenvalue weighted by Gasteiger charge is 2.12. The van der Waals surface area contributed by atoms with Crippen molar-refractivity contribution < 1.29 is 0 Å². The first-order valence-corrected chi connectivity index (χ1v) is 7.31. The Kier molecular flexibility index (Phi) is 4.14. The standard InChI is InChI=1S/C16H22N4/c1-19-10-12-20(13-11-19)9-8-18-16-15-5-3-2-4-14(15)6-7-17-16/h2-7H,8-13H2,1H3,(H,17,18). The van der Waals surface area contributed by atoms with Crippen LogP contribution in [0.4, 0.5) is 5.82 Å². The predicted molar refractivity (Wildman–Crippen MR) is 84.2 cm³/mol. The molecule has 0 bridgehead atoms. The van der Waals surface area contributed by atoms with E-state index in [0.29, 0.717) is 0 Å². The second-order valence-electron chi connectivity index (χ2n) is 5.45. The maximum Gasteiger partial charge on any atom is 0.133 e. The molecule has 0 unspecified atom stereocenters. The molecule has 0 aliphatic carbocycles. The van der Waals surface area contributed by atoms with Gasteiger partial charge in [-0.15, -0.1) is 0 Å². The van der Waals surface area contributed by atoms with E-state index in [4.69, 9.17) is 0 Å². The van der Waals surface area contributed by atoms with Crippen molar-refractivity contribution in [3.05, 3.63) is 36.5 Å². The lowest BCUT2D eigenvalue weighted by atomic mass is 10.1. The van der Waals surface area contributed by atoms with E-state index in [1.54, 1.807) is 0 Å². The van der Waals surface area contributed by atoms with Crippen molar-refractivity contribution in [2.75, 3.05) is 51.6 Å². The van der Waals surface area contributed by atoms with Crippen LogP contribution in [0.25, 0.3) is 10.8 Å². The minimum Gasteiger partial charge on any atom is -0.368 e. The molecule has 1 aliphatic rings. The molecule has 1 aromatic carbocycles. The third-order valence-electron chi connectivity index (χ3n) is 3.99. The number of anilines is 1. The number of hydrogen-bond donors (Lipinski definition) is 1. The van der Waals surface area contributed by atoms with Gasteiger partial charge in [0.2, 0.25) is 0 Å². The normalized spacial score (nSPS) is 17.4. The summed E-state index contributed by atoms with van der Waals surface area (Å²) in [5, 5.41) is 5.92. The van der Waals surface area contributed by atoms with Gasteiger partial charge in [-0.3, -0.25) is 4.90 Å². The molecule has 4 nitrogen and oxygen atoms in total. The molecular weight excluding hydrogens is 248 g/mol. The molecule has 0 amide bonds. The SMILES string of the molecule is CN1CCN(CCNc2nccc3ccccc23)CC1. The van der Waals surface area contributed by atoms with E-state index in [2.05, 4.69) is 57.5 Å². The number of rotatable bonds is 4. The molecule has 1 aliphatic heterocycles. The molecule has 0 saturated carbocycles. The van der Waals surface area contributed by atoms with Gasteiger partial charge in [0.05, 0.1) is 0 Å². The summed E-state index contributed by atoms with van der Waals surface area (Å²) in [6.45, 7) is 6.71. The fourth-order valence-electron chi connectivity index (χ4n) is 2.66. The number of fused-ring (bicyclic) bond motifs is 1. The number of aromatic nitrogens is 1. The molecule has 0 spiro atoms. The largest absolute Gasteiger partial charge is 0.368 e. The van der Waals surface area contributed by atoms with Gasteiger partial charge in [-0.25, -0.2) is 4.98 Å². The quantitative estimate of drug-likeness (QED) is 0.919. The molecule has 0 atom stereocenters. The van der Waals surface area contributed by atoms with Gasteiger partial charge in [0.1, 0.15) is 5.82 Å². The van der Waals surface area contributed by atoms with Crippen LogP contribution >= 0.6 is 0 Å². The summed E-state index contributed by atoms with van der Waals surface area (Å²) in [5.41, 5.74) is 0. The summed E-state index contributed by atoms with van der Waals surface area (Å²) >= 11 is 0. The zero-order valence-electron chi connectivity index (χ0n) is 12.0. The number of piperazine rings is 1. The van der Waals surface area contributed by atoms with Crippen molar-refractivity contribution >= 4 is 16.6 Å². The lowest BCUT2D eigenvalue weighted by molar-refractivity contribution is 0.158. The molecule has 106 valence electrons. The summed E-state index contributed by atoms with van der Waals surface area (Å²) < 4.78 is 0. The van der Waals surface area contributed by atoms with Crippen LogP contribution in [0.2, 0.25) is 0 Å². The summed E-state index contributed by atoms with van der Waals surface area (Å²) in [6, 6.07) is 10.4. The van der Waals surface area contributed by atoms with Crippen LogP contribution in [-0.2, 0) is 0 Å². The van der Waals surface area contributed by atoms with Crippen molar-refractivity contribution in [3.8, 4) is 0 Å². The highest BCUT2D eigenvalue weighted by Crippen LogP contribution is 2.19. The molecular formula is C16H22N4. The molecule has 4 heteroatoms. The van der Waals surface area contributed by atoms with Crippen molar-refractivity contribution in [3.63, 3.8) is 0 Å². The van der Waals surface area contributed by atoms with E-state index in [1.807, 2.05) is 6.20 Å². The monoisotopic (exact) mass is 270 g/mol. The first-order chi connectivity index (χ1) is 9.83. The van der Waals surface area contributed by atoms with E-state index >= 15 is 0 Å². The van der Waals surface area contributed by atoms with Gasteiger partial charge in [0, 0.05) is 50.9 Å². The van der Waals surface area contributed by atoms with E-state index in [0.717, 1.165) is 18.9 Å². The molecule has 2 heterocycles. The van der Waals surface area contributed by atoms with Crippen LogP contribution in [0.5, 0.6) is 0 Å². The first-order valence-electron chi connectivity index (χ1n) is 7.31. The topological polar surface area (TPSA) is 31.4 Å². The maximum atomic E-state index is 4.46. The molecule has 1 saturated heterocycles. The number of pyridine rings is 1. The number of benzene rings is 1. The molecule has 2 aromatic rings. The lowest BCUT2D eigenvalue weighted by Gasteiger charge is -2.32. The Bertz CT molecular complexity index is 556. The zero-order chi connectivity index (χ0) is 13.8. The van der Waals surface area contributed by atoms with Gasteiger partial charge in [-0.2, -0.15) is 0 Å². The minimum absolute atomic E-state index is 0.949. The van der Waals surface area contributed by atoms with Gasteiger partial charge in [-0.05, 0) is 18.5 Å². The Labute approximate surface area is 120 Å². The average Bonchev–Trinajstić information content (AvgIpc) is 2.49. The fraction of sp³-hybridized carbons (Fsp3) is 0.438. The molecule has 1 aromatic heterocycles. The fourth-order valence-corrected chi connectivity index (χ4v) is 2.66. The Morgan fingerprint density at radius 3 is 2.75 bits per heavy atom. The van der Waals surface area contributed by atoms with Crippen LogP contribution in [0.15, 0.2) is 36.5 Å². The molecule has 1 N–H and O–H groups in total. The number of nitrogens with zero attached hydrogens (tertiary/aromatic N) is 3. The van der Waals surface area contributed by atoms with Gasteiger partial charge < -0.3 is 10.2 Å². The van der Waals surface area contributed by atoms with Gasteiger partial charge in [0.15, 0.2) is 0 Å². The smallest absolute Gasteiger partial charge is 0.133 e. The zero-order valence-corrected chi connectivity index (χ0v) is 12.0. The summed E-state index contributed by atoms with van der Waals surface area (Å²) in [5.74, 6) is 0.997. The predicted octanol–water partition coefficient (Wildman–Crippen LogP) is 1.89. The van der Waals surface area contributed by atoms with E-state index in [1.165, 1.54) is 37.0 Å². The van der Waals surface area contributed by atoms with E-state index in [-0.39, 0.29) is 0 Å². The summed E-state index contributed by atoms with van der Waals surface area (Å²) in [6.07, 6.45) is 1.88. The first kappa shape index (κ1) is 13.3. The third-order valence-corrected chi connectivity index (χ3v) is 3.99. The summed E-state index contributed by atoms with van der Waals surface area (Å²) in [7, 11) is 2.19. The van der Waals surface area contributed by atoms with Crippen molar-refractivity contribution in [2.24, 2.45) is 0 Å². The van der Waals surface area contributed by atoms with Crippen LogP contribution in [-0.4, -0.2) is 61.1 Å². The minimum atomic E-state index is 0.949. The van der Waals surface area contributed by atoms with Crippen LogP contribution < -0.4 is 5.32 Å². The molecule has 20 heavy (non-hydrogen) atoms. The third kappa shape index (κ3) is 3.08. The van der Waals surface area contributed by atoms with Gasteiger partial charge in [-0.1, -0.05) is 24.3 Å². The Morgan fingerprint density at radius 2 is 1.90 bits per heavy atom. The highest BCUT2D eigenvalue weighted by molar-refractivity contribution is 5.91. The van der Waals surface area contributed by atoms with Crippen LogP contribution in [0.1, 0.15) is 0 Å². The van der Waals surface area contributed by atoms with Gasteiger partial charge >= 0.3 is 0 Å². The van der Waals surface area contributed by atoms with Crippen LogP contribution in [0.3, 0.4) is 0 Å². The summed E-state index contributed by atoms with van der Waals surface area (Å²) in [4.78, 5) is 9.36. The molecule has 1 fully saturated rings. The maximum absolute atomic E-state index is 4.46. The number of hydrogen-bond acceptors (Lipinski definition) is 4. The Hall–Kier alpha value is -1.65. The number of likely N-dealkylation sites (N-methyl/N-ethyl adjacent to an activating group) is 1. The highest BCUT2D eigenvalue weighted by atomic mass is 15.2. The van der Waals surface area contributed by atoms with Crippen molar-refractivity contribution in [1.82, 2.24) is 14.8 Å².